The Morgan fingerprint density at radius 1 is 1.14 bits per heavy atom. The molecular weight excluding hydrogens is 364 g/mol. The van der Waals surface area contributed by atoms with Gasteiger partial charge in [-0.2, -0.15) is 5.10 Å². The normalized spacial score (nSPS) is 13.1. The number of rotatable bonds is 4. The largest absolute Gasteiger partial charge is 0.374 e. The van der Waals surface area contributed by atoms with Crippen LogP contribution in [0.15, 0.2) is 59.4 Å². The fraction of sp³-hybridized carbons (Fsp3) is 0.261. The third-order valence-electron chi connectivity index (χ3n) is 5.27. The van der Waals surface area contributed by atoms with E-state index in [2.05, 4.69) is 34.5 Å². The summed E-state index contributed by atoms with van der Waals surface area (Å²) in [6, 6.07) is 17.2. The van der Waals surface area contributed by atoms with E-state index in [1.54, 1.807) is 11.6 Å². The highest BCUT2D eigenvalue weighted by Crippen LogP contribution is 2.26. The average Bonchev–Trinajstić information content (AvgIpc) is 2.73. The van der Waals surface area contributed by atoms with Crippen molar-refractivity contribution < 1.29 is 4.79 Å². The van der Waals surface area contributed by atoms with E-state index in [1.807, 2.05) is 36.4 Å². The summed E-state index contributed by atoms with van der Waals surface area (Å²) >= 11 is 0. The molecule has 29 heavy (non-hydrogen) atoms. The molecule has 0 unspecified atom stereocenters. The van der Waals surface area contributed by atoms with Gasteiger partial charge >= 0.3 is 0 Å². The summed E-state index contributed by atoms with van der Waals surface area (Å²) in [7, 11) is 2.10. The standard InChI is InChI=1S/C23H24N4O2/c1-16-13-21(28)22(25-27(16)19-8-4-3-5-9-19)23(29)24-15-17-10-11-20-18(14-17)7-6-12-26(20)2/h3-5,8-11,13-14H,6-7,12,15H2,1-2H3,(H,24,29). The third-order valence-corrected chi connectivity index (χ3v) is 5.27. The molecule has 2 aromatic carbocycles. The zero-order chi connectivity index (χ0) is 20.4. The first kappa shape index (κ1) is 18.9. The highest BCUT2D eigenvalue weighted by Gasteiger charge is 2.17. The number of hydrogen-bond donors (Lipinski definition) is 1. The van der Waals surface area contributed by atoms with Crippen LogP contribution >= 0.6 is 0 Å². The first-order chi connectivity index (χ1) is 14.0. The molecule has 0 spiro atoms. The van der Waals surface area contributed by atoms with E-state index in [9.17, 15) is 9.59 Å². The average molecular weight is 388 g/mol. The van der Waals surface area contributed by atoms with Crippen LogP contribution in [-0.2, 0) is 13.0 Å². The van der Waals surface area contributed by atoms with E-state index in [-0.39, 0.29) is 11.1 Å². The zero-order valence-electron chi connectivity index (χ0n) is 16.7. The lowest BCUT2D eigenvalue weighted by Crippen LogP contribution is -2.31. The predicted octanol–water partition coefficient (Wildman–Crippen LogP) is 2.85. The molecule has 1 aliphatic heterocycles. The smallest absolute Gasteiger partial charge is 0.276 e. The van der Waals surface area contributed by atoms with E-state index >= 15 is 0 Å². The van der Waals surface area contributed by atoms with E-state index in [0.717, 1.165) is 30.6 Å². The van der Waals surface area contributed by atoms with Gasteiger partial charge in [0.05, 0.1) is 5.69 Å². The summed E-state index contributed by atoms with van der Waals surface area (Å²) in [4.78, 5) is 27.3. The van der Waals surface area contributed by atoms with Crippen LogP contribution in [0.1, 0.15) is 33.7 Å². The SMILES string of the molecule is Cc1cc(=O)c(C(=O)NCc2ccc3c(c2)CCCN3C)nn1-c1ccccc1. The van der Waals surface area contributed by atoms with Gasteiger partial charge in [0, 0.05) is 37.6 Å². The van der Waals surface area contributed by atoms with Crippen molar-refractivity contribution in [2.75, 3.05) is 18.5 Å². The molecule has 0 fully saturated rings. The monoisotopic (exact) mass is 388 g/mol. The van der Waals surface area contributed by atoms with E-state index in [0.29, 0.717) is 12.2 Å². The Labute approximate surface area is 169 Å². The zero-order valence-corrected chi connectivity index (χ0v) is 16.7. The molecular formula is C23H24N4O2. The van der Waals surface area contributed by atoms with Gasteiger partial charge in [-0.25, -0.2) is 4.68 Å². The minimum absolute atomic E-state index is 0.0999. The van der Waals surface area contributed by atoms with Crippen LogP contribution in [0.2, 0.25) is 0 Å². The first-order valence-corrected chi connectivity index (χ1v) is 9.80. The topological polar surface area (TPSA) is 67.2 Å². The second kappa shape index (κ2) is 7.91. The van der Waals surface area contributed by atoms with Crippen molar-refractivity contribution in [2.24, 2.45) is 0 Å². The molecule has 1 aromatic heterocycles. The first-order valence-electron chi connectivity index (χ1n) is 9.80. The van der Waals surface area contributed by atoms with Crippen LogP contribution in [0.5, 0.6) is 0 Å². The minimum atomic E-state index is -0.463. The predicted molar refractivity (Wildman–Crippen MR) is 114 cm³/mol. The summed E-state index contributed by atoms with van der Waals surface area (Å²) < 4.78 is 1.62. The summed E-state index contributed by atoms with van der Waals surface area (Å²) in [5, 5.41) is 7.16. The Balaban J connectivity index is 1.54. The van der Waals surface area contributed by atoms with Crippen molar-refractivity contribution >= 4 is 11.6 Å². The Morgan fingerprint density at radius 3 is 2.72 bits per heavy atom. The quantitative estimate of drug-likeness (QED) is 0.746. The van der Waals surface area contributed by atoms with Crippen LogP contribution < -0.4 is 15.6 Å². The van der Waals surface area contributed by atoms with Crippen LogP contribution in [0.3, 0.4) is 0 Å². The number of fused-ring (bicyclic) bond motifs is 1. The maximum atomic E-state index is 12.7. The van der Waals surface area contributed by atoms with E-state index in [4.69, 9.17) is 0 Å². The molecule has 0 saturated carbocycles. The van der Waals surface area contributed by atoms with Gasteiger partial charge in [-0.3, -0.25) is 9.59 Å². The van der Waals surface area contributed by atoms with Gasteiger partial charge in [-0.05, 0) is 49.1 Å². The lowest BCUT2D eigenvalue weighted by atomic mass is 9.99. The van der Waals surface area contributed by atoms with Crippen LogP contribution in [0, 0.1) is 6.92 Å². The number of carbonyl (C=O) groups is 1. The summed E-state index contributed by atoms with van der Waals surface area (Å²) in [5.41, 5.74) is 4.57. The number of aryl methyl sites for hydroxylation is 2. The maximum Gasteiger partial charge on any atom is 0.276 e. The van der Waals surface area contributed by atoms with Crippen molar-refractivity contribution in [1.82, 2.24) is 15.1 Å². The fourth-order valence-electron chi connectivity index (χ4n) is 3.75. The number of hydrogen-bond acceptors (Lipinski definition) is 4. The number of anilines is 1. The molecule has 6 nitrogen and oxygen atoms in total. The number of nitrogens with zero attached hydrogens (tertiary/aromatic N) is 3. The Morgan fingerprint density at radius 2 is 1.93 bits per heavy atom. The lowest BCUT2D eigenvalue weighted by molar-refractivity contribution is 0.0943. The number of carbonyl (C=O) groups excluding carboxylic acids is 1. The molecule has 148 valence electrons. The molecule has 0 saturated heterocycles. The maximum absolute atomic E-state index is 12.7. The molecule has 6 heteroatoms. The van der Waals surface area contributed by atoms with Crippen molar-refractivity contribution in [2.45, 2.75) is 26.3 Å². The summed E-state index contributed by atoms with van der Waals surface area (Å²) in [6.07, 6.45) is 2.17. The highest BCUT2D eigenvalue weighted by molar-refractivity contribution is 5.92. The van der Waals surface area contributed by atoms with Crippen molar-refractivity contribution in [3.8, 4) is 5.69 Å². The molecule has 3 aromatic rings. The molecule has 0 bridgehead atoms. The van der Waals surface area contributed by atoms with Gasteiger partial charge in [0.2, 0.25) is 5.43 Å². The molecule has 1 N–H and O–H groups in total. The Bertz CT molecular complexity index is 1110. The number of amides is 1. The molecule has 1 aliphatic rings. The van der Waals surface area contributed by atoms with Gasteiger partial charge in [-0.1, -0.05) is 30.3 Å². The van der Waals surface area contributed by atoms with Crippen molar-refractivity contribution in [3.63, 3.8) is 0 Å². The third kappa shape index (κ3) is 3.92. The van der Waals surface area contributed by atoms with Crippen molar-refractivity contribution in [1.29, 1.82) is 0 Å². The Hall–Kier alpha value is -3.41. The van der Waals surface area contributed by atoms with E-state index < -0.39 is 5.91 Å². The van der Waals surface area contributed by atoms with Gasteiger partial charge in [-0.15, -0.1) is 0 Å². The molecule has 0 atom stereocenters. The molecule has 0 radical (unpaired) electrons. The summed E-state index contributed by atoms with van der Waals surface area (Å²) in [5.74, 6) is -0.463. The van der Waals surface area contributed by atoms with Crippen LogP contribution in [0.4, 0.5) is 5.69 Å². The van der Waals surface area contributed by atoms with Crippen LogP contribution in [-0.4, -0.2) is 29.3 Å². The van der Waals surface area contributed by atoms with Gasteiger partial charge < -0.3 is 10.2 Å². The van der Waals surface area contributed by atoms with Gasteiger partial charge in [0.1, 0.15) is 0 Å². The number of para-hydroxylation sites is 1. The second-order valence-corrected chi connectivity index (χ2v) is 7.42. The lowest BCUT2D eigenvalue weighted by Gasteiger charge is -2.27. The molecule has 1 amide bonds. The molecule has 4 rings (SSSR count). The highest BCUT2D eigenvalue weighted by atomic mass is 16.2. The minimum Gasteiger partial charge on any atom is -0.374 e. The second-order valence-electron chi connectivity index (χ2n) is 7.42. The number of nitrogens with one attached hydrogen (secondary N) is 1. The molecule has 2 heterocycles. The fourth-order valence-corrected chi connectivity index (χ4v) is 3.75. The van der Waals surface area contributed by atoms with E-state index in [1.165, 1.54) is 17.3 Å². The van der Waals surface area contributed by atoms with Crippen LogP contribution in [0.25, 0.3) is 5.69 Å². The van der Waals surface area contributed by atoms with Crippen molar-refractivity contribution in [3.05, 3.63) is 87.3 Å². The number of benzene rings is 2. The van der Waals surface area contributed by atoms with Gasteiger partial charge in [0.25, 0.3) is 5.91 Å². The Kier molecular flexibility index (Phi) is 5.16. The molecule has 0 aliphatic carbocycles. The number of aromatic nitrogens is 2. The summed E-state index contributed by atoms with van der Waals surface area (Å²) in [6.45, 7) is 3.22. The van der Waals surface area contributed by atoms with Gasteiger partial charge in [0.15, 0.2) is 5.69 Å².